The summed E-state index contributed by atoms with van der Waals surface area (Å²) in [6, 6.07) is 15.0. The number of aliphatic imine (C=N–C) groups is 4. The molecule has 8 aromatic rings. The zero-order chi connectivity index (χ0) is 83.9. The molecule has 1 unspecified atom stereocenters. The molecule has 118 heavy (non-hydrogen) atoms. The molecule has 1 N–H and O–H groups in total. The number of ether oxygens (including phenoxy) is 5. The molecular formula is C82H80Br4F4N14O10S4. The highest BCUT2D eigenvalue weighted by Crippen LogP contribution is 2.49. The second-order valence-electron chi connectivity index (χ2n) is 28.2. The van der Waals surface area contributed by atoms with Crippen LogP contribution in [0.1, 0.15) is 134 Å². The van der Waals surface area contributed by atoms with Crippen LogP contribution in [0.5, 0.6) is 0 Å². The zero-order valence-electron chi connectivity index (χ0n) is 65.2. The topological polar surface area (TPSA) is 261 Å². The van der Waals surface area contributed by atoms with Crippen molar-refractivity contribution >= 4 is 162 Å². The van der Waals surface area contributed by atoms with Crippen LogP contribution in [0, 0.1) is 35.1 Å². The first kappa shape index (κ1) is 86.8. The molecule has 36 heteroatoms. The SMILES string of the molecule is CCOC(=O)C1=C2CC(NC(=O)OC)CN2C(c2nccs2)=N[C@H]1c1ccc(F)cc1Br.CCOC(=O)C1=C2C[C@@H](C)CN2C(c2nccs2)=N[C@H]1c1ccc(F)cc1Br.CCOC(=O)C1=C2C[C@@H](N(C)C)CN2C(c2nccs2)=N[C@H]1c1ccc(F)cc1Br.CCOC(=O)C1=C2C[C@H](C)CN2C(c2nccs2)=N[C@H]1c1ccc(F)cc1Br. The van der Waals surface area contributed by atoms with Crippen molar-refractivity contribution in [3.8, 4) is 0 Å². The van der Waals surface area contributed by atoms with E-state index in [0.29, 0.717) is 106 Å². The van der Waals surface area contributed by atoms with Crippen LogP contribution in [0.2, 0.25) is 0 Å². The summed E-state index contributed by atoms with van der Waals surface area (Å²) in [6.45, 7) is 15.1. The van der Waals surface area contributed by atoms with Crippen LogP contribution in [0.4, 0.5) is 22.4 Å². The summed E-state index contributed by atoms with van der Waals surface area (Å²) >= 11 is 19.7. The molecule has 4 aromatic carbocycles. The summed E-state index contributed by atoms with van der Waals surface area (Å²) in [7, 11) is 5.36. The second-order valence-corrected chi connectivity index (χ2v) is 35.2. The number of allylic oxidation sites excluding steroid dienone is 2. The minimum absolute atomic E-state index is 0.194. The third-order valence-electron chi connectivity index (χ3n) is 20.1. The number of nitrogens with zero attached hydrogens (tertiary/aromatic N) is 13. The van der Waals surface area contributed by atoms with E-state index in [0.717, 1.165) is 86.7 Å². The van der Waals surface area contributed by atoms with Gasteiger partial charge in [0.1, 0.15) is 47.4 Å². The lowest BCUT2D eigenvalue weighted by Crippen LogP contribution is -2.39. The Morgan fingerprint density at radius 1 is 0.432 bits per heavy atom. The van der Waals surface area contributed by atoms with Crippen molar-refractivity contribution in [2.45, 2.75) is 103 Å². The van der Waals surface area contributed by atoms with Gasteiger partial charge in [-0.3, -0.25) is 20.0 Å². The van der Waals surface area contributed by atoms with Crippen molar-refractivity contribution in [3.05, 3.63) is 248 Å². The third kappa shape index (κ3) is 18.8. The lowest BCUT2D eigenvalue weighted by molar-refractivity contribution is -0.140. The molecule has 4 fully saturated rings. The molecule has 24 nitrogen and oxygen atoms in total. The van der Waals surface area contributed by atoms with Gasteiger partial charge in [-0.05, 0) is 137 Å². The maximum atomic E-state index is 13.8. The number of amidine groups is 4. The molecule has 8 aliphatic rings. The van der Waals surface area contributed by atoms with Gasteiger partial charge in [-0.15, -0.1) is 45.3 Å². The van der Waals surface area contributed by atoms with Gasteiger partial charge in [-0.1, -0.05) is 102 Å². The van der Waals surface area contributed by atoms with Crippen molar-refractivity contribution in [2.24, 2.45) is 31.8 Å². The molecule has 1 amide bonds. The second kappa shape index (κ2) is 38.6. The van der Waals surface area contributed by atoms with E-state index in [-0.39, 0.29) is 73.9 Å². The van der Waals surface area contributed by atoms with E-state index >= 15 is 0 Å². The van der Waals surface area contributed by atoms with Gasteiger partial charge in [0, 0.05) is 132 Å². The maximum Gasteiger partial charge on any atom is 0.407 e. The smallest absolute Gasteiger partial charge is 0.407 e. The molecule has 12 heterocycles. The van der Waals surface area contributed by atoms with E-state index in [9.17, 15) is 41.5 Å². The molecule has 0 spiro atoms. The number of alkyl carbamates (subject to hydrolysis) is 1. The minimum atomic E-state index is -0.731. The Morgan fingerprint density at radius 3 is 0.975 bits per heavy atom. The number of fused-ring (bicyclic) bond motifs is 4. The van der Waals surface area contributed by atoms with Crippen LogP contribution in [-0.4, -0.2) is 184 Å². The van der Waals surface area contributed by atoms with E-state index in [1.54, 1.807) is 76.7 Å². The number of aromatic nitrogens is 4. The Labute approximate surface area is 728 Å². The molecule has 0 saturated carbocycles. The van der Waals surface area contributed by atoms with E-state index in [1.807, 2.05) is 40.5 Å². The summed E-state index contributed by atoms with van der Waals surface area (Å²) in [5.74, 6) is 0.467. The maximum absolute atomic E-state index is 13.8. The summed E-state index contributed by atoms with van der Waals surface area (Å²) in [5, 5.41) is 13.4. The van der Waals surface area contributed by atoms with Gasteiger partial charge in [0.2, 0.25) is 0 Å². The number of rotatable bonds is 18. The standard InChI is InChI=1S/C21H20BrFN4O4S.C21H22BrFN4O2S.2C20H19BrFN3O2S/c1-3-31-20(28)16-15-9-12(25-21(29)30-2)10-27(15)18(19-24-6-7-32-19)26-17(16)13-5-4-11(23)8-14(13)22;1-4-29-21(28)17-16-10-13(26(2)3)11-27(16)19(20-24-7-8-30-20)25-18(17)14-6-5-12(23)9-15(14)22;2*1-3-27-20(26)16-15-8-11(2)10-25(15)18(19-23-6-7-28-19)24-17(16)13-5-4-12(22)9-14(13)21/h4-8,12,17H,3,9-10H2,1-2H3,(H,25,29);5-9,13,18H,4,10-11H2,1-3H3;2*4-7,9,11,17H,3,8,10H2,1-2H3/t12?,17-;13-,18+;11-,17+;11-,17-/m0110/s1. The predicted molar refractivity (Wildman–Crippen MR) is 457 cm³/mol. The first-order valence-electron chi connectivity index (χ1n) is 37.7. The van der Waals surface area contributed by atoms with Crippen molar-refractivity contribution in [1.29, 1.82) is 0 Å². The molecule has 0 radical (unpaired) electrons. The number of halogens is 8. The van der Waals surface area contributed by atoms with Crippen LogP contribution < -0.4 is 5.32 Å². The van der Waals surface area contributed by atoms with Crippen molar-refractivity contribution < 1.29 is 65.2 Å². The zero-order valence-corrected chi connectivity index (χ0v) is 74.8. The number of likely N-dealkylation sites (N-methyl/N-ethyl adjacent to an activating group) is 1. The van der Waals surface area contributed by atoms with Crippen LogP contribution in [-0.2, 0) is 42.9 Å². The number of amides is 1. The van der Waals surface area contributed by atoms with E-state index in [1.165, 1.54) is 101 Å². The van der Waals surface area contributed by atoms with Gasteiger partial charge in [-0.25, -0.2) is 61.5 Å². The van der Waals surface area contributed by atoms with Gasteiger partial charge in [-0.2, -0.15) is 0 Å². The molecule has 0 aliphatic carbocycles. The molecule has 8 atom stereocenters. The van der Waals surface area contributed by atoms with Gasteiger partial charge in [0.25, 0.3) is 0 Å². The molecule has 4 saturated heterocycles. The molecule has 618 valence electrons. The van der Waals surface area contributed by atoms with Crippen LogP contribution in [0.3, 0.4) is 0 Å². The number of nitrogens with one attached hydrogen (secondary N) is 1. The Bertz CT molecular complexity index is 5220. The largest absolute Gasteiger partial charge is 0.463 e. The number of thiazole rings is 4. The van der Waals surface area contributed by atoms with E-state index in [4.69, 9.17) is 43.7 Å². The fourth-order valence-electron chi connectivity index (χ4n) is 15.1. The quantitative estimate of drug-likeness (QED) is 0.0475. The molecular weight excluding hydrogens is 1860 g/mol. The van der Waals surface area contributed by atoms with Crippen molar-refractivity contribution in [2.75, 3.05) is 73.8 Å². The normalized spacial score (nSPS) is 21.0. The molecule has 8 aliphatic heterocycles. The Balaban J connectivity index is 0.000000137. The number of esters is 4. The summed E-state index contributed by atoms with van der Waals surface area (Å²) < 4.78 is 83.3. The lowest BCUT2D eigenvalue weighted by Gasteiger charge is -2.32. The van der Waals surface area contributed by atoms with Crippen molar-refractivity contribution in [3.63, 3.8) is 0 Å². The number of methoxy groups -OCH3 is 1. The number of carbonyl (C=O) groups excluding carboxylic acids is 5. The van der Waals surface area contributed by atoms with Gasteiger partial charge >= 0.3 is 30.0 Å². The summed E-state index contributed by atoms with van der Waals surface area (Å²) in [4.78, 5) is 112. The Hall–Kier alpha value is -9.01. The van der Waals surface area contributed by atoms with E-state index < -0.39 is 42.0 Å². The van der Waals surface area contributed by atoms with E-state index in [2.05, 4.69) is 122 Å². The summed E-state index contributed by atoms with van der Waals surface area (Å²) in [5.41, 5.74) is 8.14. The fraction of sp³-hybridized carbons (Fsp3) is 0.354. The van der Waals surface area contributed by atoms with Crippen molar-refractivity contribution in [1.82, 2.24) is 49.8 Å². The highest BCUT2D eigenvalue weighted by molar-refractivity contribution is 9.11. The Kier molecular flexibility index (Phi) is 28.4. The molecule has 16 rings (SSSR count). The van der Waals surface area contributed by atoms with Gasteiger partial charge < -0.3 is 53.5 Å². The van der Waals surface area contributed by atoms with Crippen LogP contribution >= 0.6 is 109 Å². The highest BCUT2D eigenvalue weighted by atomic mass is 79.9. The molecule has 0 bridgehead atoms. The average Bonchev–Trinajstić information content (AvgIpc) is 1.57. The lowest BCUT2D eigenvalue weighted by atomic mass is 9.94. The number of hydrogen-bond donors (Lipinski definition) is 1. The molecule has 4 aromatic heterocycles. The fourth-order valence-corrected chi connectivity index (χ4v) is 19.9. The summed E-state index contributed by atoms with van der Waals surface area (Å²) in [6.07, 6.45) is 8.94. The van der Waals surface area contributed by atoms with Crippen LogP contribution in [0.25, 0.3) is 0 Å². The van der Waals surface area contributed by atoms with Crippen LogP contribution in [0.15, 0.2) is 202 Å². The van der Waals surface area contributed by atoms with Gasteiger partial charge in [0.15, 0.2) is 43.4 Å². The number of hydrogen-bond acceptors (Lipinski definition) is 27. The first-order valence-corrected chi connectivity index (χ1v) is 44.4. The average molecular weight is 1950 g/mol. The third-order valence-corrected chi connectivity index (χ3v) is 26.0. The predicted octanol–water partition coefficient (Wildman–Crippen LogP) is 17.2. The minimum Gasteiger partial charge on any atom is -0.463 e. The first-order chi connectivity index (χ1) is 56.8. The monoisotopic (exact) mass is 1940 g/mol. The number of carbonyl (C=O) groups is 5. The highest BCUT2D eigenvalue weighted by Gasteiger charge is 2.48. The Morgan fingerprint density at radius 2 is 0.712 bits per heavy atom. The number of benzene rings is 4. The van der Waals surface area contributed by atoms with Gasteiger partial charge in [0.05, 0.1) is 61.9 Å².